The van der Waals surface area contributed by atoms with E-state index in [4.69, 9.17) is 4.74 Å². The fourth-order valence-corrected chi connectivity index (χ4v) is 3.17. The summed E-state index contributed by atoms with van der Waals surface area (Å²) >= 11 is 0. The first-order valence-corrected chi connectivity index (χ1v) is 8.06. The van der Waals surface area contributed by atoms with Gasteiger partial charge in [0.25, 0.3) is 5.91 Å². The van der Waals surface area contributed by atoms with E-state index in [2.05, 4.69) is 22.9 Å². The van der Waals surface area contributed by atoms with E-state index in [-0.39, 0.29) is 36.4 Å². The molecule has 0 aliphatic carbocycles. The topological polar surface area (TPSA) is 79.5 Å². The molecule has 0 radical (unpaired) electrons. The summed E-state index contributed by atoms with van der Waals surface area (Å²) in [5.74, 6) is -0.362. The number of amides is 2. The van der Waals surface area contributed by atoms with Gasteiger partial charge in [0.15, 0.2) is 6.10 Å². The van der Waals surface area contributed by atoms with Crippen LogP contribution in [-0.2, 0) is 14.3 Å². The average Bonchev–Trinajstić information content (AvgIpc) is 2.55. The lowest BCUT2D eigenvalue weighted by Gasteiger charge is -2.38. The first kappa shape index (κ1) is 18.7. The highest BCUT2D eigenvalue weighted by atomic mass is 35.5. The van der Waals surface area contributed by atoms with Gasteiger partial charge in [-0.15, -0.1) is 12.4 Å². The van der Waals surface area contributed by atoms with Crippen molar-refractivity contribution in [2.24, 2.45) is 0 Å². The molecule has 2 fully saturated rings. The van der Waals surface area contributed by atoms with Crippen LogP contribution in [0.2, 0.25) is 0 Å². The molecule has 2 aliphatic heterocycles. The largest absolute Gasteiger partial charge is 0.356 e. The van der Waals surface area contributed by atoms with Gasteiger partial charge in [-0.05, 0) is 38.4 Å². The molecule has 2 saturated heterocycles. The highest BCUT2D eigenvalue weighted by molar-refractivity contribution is 5.86. The number of rotatable bonds is 3. The normalized spacial score (nSPS) is 26.0. The maximum Gasteiger partial charge on any atom is 0.252 e. The molecule has 6 nitrogen and oxygen atoms in total. The second-order valence-electron chi connectivity index (χ2n) is 6.49. The van der Waals surface area contributed by atoms with Crippen molar-refractivity contribution in [3.8, 4) is 0 Å². The van der Waals surface area contributed by atoms with Gasteiger partial charge >= 0.3 is 0 Å². The van der Waals surface area contributed by atoms with Crippen LogP contribution >= 0.6 is 12.4 Å². The van der Waals surface area contributed by atoms with Crippen molar-refractivity contribution >= 4 is 24.2 Å². The van der Waals surface area contributed by atoms with E-state index in [0.717, 1.165) is 31.5 Å². The van der Waals surface area contributed by atoms with Crippen molar-refractivity contribution in [1.29, 1.82) is 0 Å². The molecule has 0 saturated carbocycles. The second kappa shape index (κ2) is 7.96. The Morgan fingerprint density at radius 1 is 1.25 bits per heavy atom. The lowest BCUT2D eigenvalue weighted by Crippen LogP contribution is -2.59. The summed E-state index contributed by atoms with van der Waals surface area (Å²) in [5, 5.41) is 9.29. The second-order valence-corrected chi connectivity index (χ2v) is 6.49. The van der Waals surface area contributed by atoms with Crippen LogP contribution in [0.1, 0.15) is 31.4 Å². The molecule has 3 N–H and O–H groups in total. The van der Waals surface area contributed by atoms with Crippen LogP contribution in [0, 0.1) is 0 Å². The van der Waals surface area contributed by atoms with Gasteiger partial charge in [0.05, 0.1) is 6.04 Å². The summed E-state index contributed by atoms with van der Waals surface area (Å²) in [6.45, 7) is 3.76. The Labute approximate surface area is 148 Å². The number of piperidine rings is 1. The lowest BCUT2D eigenvalue weighted by molar-refractivity contribution is -0.149. The molecular weight excluding hydrogens is 330 g/mol. The molecule has 132 valence electrons. The van der Waals surface area contributed by atoms with Gasteiger partial charge in [0, 0.05) is 5.54 Å². The van der Waals surface area contributed by atoms with Crippen molar-refractivity contribution in [2.45, 2.75) is 37.5 Å². The molecule has 3 rings (SSSR count). The summed E-state index contributed by atoms with van der Waals surface area (Å²) in [4.78, 5) is 24.4. The van der Waals surface area contributed by atoms with Crippen LogP contribution < -0.4 is 16.0 Å². The number of ether oxygens (including phenoxy) is 1. The van der Waals surface area contributed by atoms with Crippen molar-refractivity contribution in [2.75, 3.05) is 19.7 Å². The van der Waals surface area contributed by atoms with Crippen LogP contribution in [0.5, 0.6) is 0 Å². The zero-order valence-electron chi connectivity index (χ0n) is 13.7. The Balaban J connectivity index is 0.00000208. The zero-order valence-corrected chi connectivity index (χ0v) is 14.5. The number of benzene rings is 1. The van der Waals surface area contributed by atoms with E-state index in [1.807, 2.05) is 30.3 Å². The average molecular weight is 354 g/mol. The summed E-state index contributed by atoms with van der Waals surface area (Å²) in [7, 11) is 0. The van der Waals surface area contributed by atoms with Gasteiger partial charge in [-0.3, -0.25) is 9.59 Å². The maximum absolute atomic E-state index is 12.8. The highest BCUT2D eigenvalue weighted by Crippen LogP contribution is 2.24. The van der Waals surface area contributed by atoms with E-state index in [9.17, 15) is 9.59 Å². The molecule has 2 heterocycles. The Hall–Kier alpha value is -1.63. The molecule has 0 aromatic heterocycles. The zero-order chi connectivity index (χ0) is 16.3. The fraction of sp³-hybridized carbons (Fsp3) is 0.529. The Morgan fingerprint density at radius 2 is 1.92 bits per heavy atom. The molecule has 2 atom stereocenters. The fourth-order valence-electron chi connectivity index (χ4n) is 3.17. The van der Waals surface area contributed by atoms with E-state index in [0.29, 0.717) is 0 Å². The van der Waals surface area contributed by atoms with Gasteiger partial charge < -0.3 is 20.7 Å². The van der Waals surface area contributed by atoms with Gasteiger partial charge in [0.1, 0.15) is 6.61 Å². The minimum absolute atomic E-state index is 0. The van der Waals surface area contributed by atoms with Crippen LogP contribution in [-0.4, -0.2) is 43.2 Å². The minimum Gasteiger partial charge on any atom is -0.356 e. The first-order chi connectivity index (χ1) is 11.1. The molecule has 1 aromatic carbocycles. The summed E-state index contributed by atoms with van der Waals surface area (Å²) in [6.07, 6.45) is 1.06. The molecule has 0 unspecified atom stereocenters. The van der Waals surface area contributed by atoms with Gasteiger partial charge in [-0.2, -0.15) is 0 Å². The highest BCUT2D eigenvalue weighted by Gasteiger charge is 2.39. The van der Waals surface area contributed by atoms with Crippen molar-refractivity contribution in [3.05, 3.63) is 35.9 Å². The third kappa shape index (κ3) is 4.26. The van der Waals surface area contributed by atoms with Gasteiger partial charge in [-0.25, -0.2) is 0 Å². The third-order valence-electron chi connectivity index (χ3n) is 4.56. The standard InChI is InChI=1S/C17H23N3O3.ClH/c1-17(7-9-18-10-8-17)20-16(22)15-14(19-13(21)11-23-15)12-5-3-2-4-6-12;/h2-6,14-15,18H,7-11H2,1H3,(H,19,21)(H,20,22);1H/t14-,15+;/m1./s1. The quantitative estimate of drug-likeness (QED) is 0.755. The minimum atomic E-state index is -0.707. The number of nitrogens with one attached hydrogen (secondary N) is 3. The SMILES string of the molecule is CC1(NC(=O)[C@H]2OCC(=O)N[C@@H]2c2ccccc2)CCNCC1.Cl. The number of hydrogen-bond acceptors (Lipinski definition) is 4. The van der Waals surface area contributed by atoms with Crippen LogP contribution in [0.25, 0.3) is 0 Å². The van der Waals surface area contributed by atoms with Crippen molar-refractivity contribution in [3.63, 3.8) is 0 Å². The Bertz CT molecular complexity index is 576. The summed E-state index contributed by atoms with van der Waals surface area (Å²) in [6, 6.07) is 9.01. The molecule has 0 bridgehead atoms. The molecule has 0 spiro atoms. The molecule has 1 aromatic rings. The number of hydrogen-bond donors (Lipinski definition) is 3. The van der Waals surface area contributed by atoms with E-state index < -0.39 is 12.1 Å². The van der Waals surface area contributed by atoms with Gasteiger partial charge in [-0.1, -0.05) is 30.3 Å². The van der Waals surface area contributed by atoms with Crippen LogP contribution in [0.15, 0.2) is 30.3 Å². The smallest absolute Gasteiger partial charge is 0.252 e. The lowest BCUT2D eigenvalue weighted by atomic mass is 9.89. The molecule has 2 amide bonds. The predicted octanol–water partition coefficient (Wildman–Crippen LogP) is 0.923. The van der Waals surface area contributed by atoms with Crippen molar-refractivity contribution < 1.29 is 14.3 Å². The summed E-state index contributed by atoms with van der Waals surface area (Å²) < 4.78 is 5.57. The third-order valence-corrected chi connectivity index (χ3v) is 4.56. The van der Waals surface area contributed by atoms with Crippen LogP contribution in [0.3, 0.4) is 0 Å². The number of morpholine rings is 1. The predicted molar refractivity (Wildman–Crippen MR) is 93.0 cm³/mol. The van der Waals surface area contributed by atoms with E-state index >= 15 is 0 Å². The molecule has 7 heteroatoms. The number of carbonyl (C=O) groups excluding carboxylic acids is 2. The Morgan fingerprint density at radius 3 is 2.58 bits per heavy atom. The number of carbonyl (C=O) groups is 2. The monoisotopic (exact) mass is 353 g/mol. The maximum atomic E-state index is 12.8. The molecule has 24 heavy (non-hydrogen) atoms. The van der Waals surface area contributed by atoms with Crippen molar-refractivity contribution in [1.82, 2.24) is 16.0 Å². The van der Waals surface area contributed by atoms with E-state index in [1.165, 1.54) is 0 Å². The molecule has 2 aliphatic rings. The molecular formula is C17H24ClN3O3. The van der Waals surface area contributed by atoms with E-state index in [1.54, 1.807) is 0 Å². The van der Waals surface area contributed by atoms with Crippen LogP contribution in [0.4, 0.5) is 0 Å². The van der Waals surface area contributed by atoms with Gasteiger partial charge in [0.2, 0.25) is 5.91 Å². The number of halogens is 1. The summed E-state index contributed by atoms with van der Waals surface area (Å²) in [5.41, 5.74) is 0.644. The Kier molecular flexibility index (Phi) is 6.21. The first-order valence-electron chi connectivity index (χ1n) is 8.06.